The van der Waals surface area contributed by atoms with Crippen LogP contribution in [0.2, 0.25) is 5.02 Å². The molecule has 0 radical (unpaired) electrons. The fourth-order valence-electron chi connectivity index (χ4n) is 3.56. The number of aromatic nitrogens is 1. The molecule has 0 bridgehead atoms. The summed E-state index contributed by atoms with van der Waals surface area (Å²) in [6.45, 7) is 1.71. The van der Waals surface area contributed by atoms with Crippen LogP contribution < -0.4 is 10.6 Å². The quantitative estimate of drug-likeness (QED) is 0.400. The number of anilines is 1. The number of alkyl halides is 3. The summed E-state index contributed by atoms with van der Waals surface area (Å²) >= 11 is 5.81. The van der Waals surface area contributed by atoms with Crippen molar-refractivity contribution in [3.05, 3.63) is 35.0 Å². The molecule has 7 nitrogen and oxygen atoms in total. The molecule has 0 saturated carbocycles. The fraction of sp³-hybridized carbons (Fsp3) is 0.474. The highest BCUT2D eigenvalue weighted by Gasteiger charge is 2.50. The number of allylic oxidation sites excluding steroid dienone is 2. The molecule has 1 aromatic heterocycles. The van der Waals surface area contributed by atoms with Crippen LogP contribution >= 0.6 is 11.6 Å². The number of nitrogens with zero attached hydrogens (tertiary/aromatic N) is 2. The summed E-state index contributed by atoms with van der Waals surface area (Å²) in [5.41, 5.74) is -0.962. The van der Waals surface area contributed by atoms with Crippen molar-refractivity contribution in [2.24, 2.45) is 11.8 Å². The van der Waals surface area contributed by atoms with Crippen LogP contribution in [0.25, 0.3) is 0 Å². The van der Waals surface area contributed by atoms with Crippen molar-refractivity contribution in [3.63, 3.8) is 0 Å². The smallest absolute Gasteiger partial charge is 0.367 e. The zero-order valence-electron chi connectivity index (χ0n) is 16.0. The van der Waals surface area contributed by atoms with Crippen LogP contribution in [0.3, 0.4) is 0 Å². The van der Waals surface area contributed by atoms with Gasteiger partial charge < -0.3 is 10.6 Å². The molecule has 1 aromatic rings. The van der Waals surface area contributed by atoms with Crippen molar-refractivity contribution in [2.75, 3.05) is 18.4 Å². The zero-order chi connectivity index (χ0) is 22.1. The largest absolute Gasteiger partial charge is 0.417 e. The van der Waals surface area contributed by atoms with Crippen molar-refractivity contribution < 1.29 is 27.6 Å². The number of imide groups is 1. The summed E-state index contributed by atoms with van der Waals surface area (Å²) in [6, 6.07) is -0.195. The highest BCUT2D eigenvalue weighted by atomic mass is 35.5. The van der Waals surface area contributed by atoms with Gasteiger partial charge in [0.25, 0.3) is 0 Å². The maximum Gasteiger partial charge on any atom is 0.417 e. The van der Waals surface area contributed by atoms with Crippen molar-refractivity contribution in [3.8, 4) is 0 Å². The number of fused-ring (bicyclic) bond motifs is 1. The second-order valence-corrected chi connectivity index (χ2v) is 7.56. The first-order valence-corrected chi connectivity index (χ1v) is 9.75. The van der Waals surface area contributed by atoms with E-state index < -0.39 is 35.5 Å². The molecule has 1 fully saturated rings. The molecule has 11 heteroatoms. The van der Waals surface area contributed by atoms with Crippen molar-refractivity contribution in [1.82, 2.24) is 15.2 Å². The van der Waals surface area contributed by atoms with Gasteiger partial charge in [-0.2, -0.15) is 13.2 Å². The van der Waals surface area contributed by atoms with Crippen LogP contribution in [0, 0.1) is 11.8 Å². The van der Waals surface area contributed by atoms with Gasteiger partial charge in [0.1, 0.15) is 11.9 Å². The Balaban J connectivity index is 1.50. The molecule has 0 spiro atoms. The van der Waals surface area contributed by atoms with E-state index in [1.807, 2.05) is 12.2 Å². The predicted molar refractivity (Wildman–Crippen MR) is 102 cm³/mol. The number of pyridine rings is 1. The molecule has 1 aliphatic heterocycles. The van der Waals surface area contributed by atoms with E-state index in [0.29, 0.717) is 19.0 Å². The van der Waals surface area contributed by atoms with E-state index in [9.17, 15) is 27.6 Å². The summed E-state index contributed by atoms with van der Waals surface area (Å²) in [6.07, 6.45) is 0.833. The Labute approximate surface area is 175 Å². The molecular weight excluding hydrogens is 425 g/mol. The summed E-state index contributed by atoms with van der Waals surface area (Å²) in [7, 11) is 0. The molecule has 30 heavy (non-hydrogen) atoms. The third-order valence-electron chi connectivity index (χ3n) is 5.19. The van der Waals surface area contributed by atoms with Crippen molar-refractivity contribution in [2.45, 2.75) is 32.0 Å². The van der Waals surface area contributed by atoms with Gasteiger partial charge in [-0.05, 0) is 25.8 Å². The number of carbonyl (C=O) groups excluding carboxylic acids is 3. The maximum atomic E-state index is 12.6. The topological polar surface area (TPSA) is 91.4 Å². The number of hydrogen-bond acceptors (Lipinski definition) is 5. The van der Waals surface area contributed by atoms with Crippen LogP contribution in [-0.4, -0.2) is 46.7 Å². The van der Waals surface area contributed by atoms with Gasteiger partial charge in [0.2, 0.25) is 17.7 Å². The maximum absolute atomic E-state index is 12.6. The van der Waals surface area contributed by atoms with Crippen LogP contribution in [0.1, 0.15) is 25.3 Å². The lowest BCUT2D eigenvalue weighted by molar-refractivity contribution is -0.147. The summed E-state index contributed by atoms with van der Waals surface area (Å²) < 4.78 is 37.9. The number of nitrogens with one attached hydrogen (secondary N) is 2. The van der Waals surface area contributed by atoms with Crippen molar-refractivity contribution >= 4 is 35.1 Å². The second-order valence-electron chi connectivity index (χ2n) is 7.15. The van der Waals surface area contributed by atoms with Gasteiger partial charge in [0.15, 0.2) is 0 Å². The Morgan fingerprint density at radius 2 is 1.83 bits per heavy atom. The van der Waals surface area contributed by atoms with Gasteiger partial charge >= 0.3 is 6.18 Å². The van der Waals surface area contributed by atoms with Gasteiger partial charge in [0.05, 0.1) is 22.4 Å². The molecule has 3 atom stereocenters. The Kier molecular flexibility index (Phi) is 6.35. The minimum atomic E-state index is -4.54. The molecule has 3 rings (SSSR count). The lowest BCUT2D eigenvalue weighted by Gasteiger charge is -2.22. The highest BCUT2D eigenvalue weighted by Crippen LogP contribution is 2.36. The van der Waals surface area contributed by atoms with Crippen LogP contribution in [0.5, 0.6) is 0 Å². The van der Waals surface area contributed by atoms with Crippen LogP contribution in [0.15, 0.2) is 24.4 Å². The molecule has 2 aliphatic rings. The van der Waals surface area contributed by atoms with Gasteiger partial charge in [-0.1, -0.05) is 23.8 Å². The van der Waals surface area contributed by atoms with Crippen molar-refractivity contribution in [1.29, 1.82) is 0 Å². The number of halogens is 4. The van der Waals surface area contributed by atoms with E-state index in [2.05, 4.69) is 15.6 Å². The van der Waals surface area contributed by atoms with Gasteiger partial charge in [-0.25, -0.2) is 4.98 Å². The fourth-order valence-corrected chi connectivity index (χ4v) is 3.80. The minimum absolute atomic E-state index is 0.0495. The molecule has 0 aromatic carbocycles. The first-order chi connectivity index (χ1) is 14.1. The van der Waals surface area contributed by atoms with E-state index in [1.54, 1.807) is 0 Å². The molecule has 3 amide bonds. The summed E-state index contributed by atoms with van der Waals surface area (Å²) in [5.74, 6) is -1.95. The molecule has 2 N–H and O–H groups in total. The first-order valence-electron chi connectivity index (χ1n) is 9.37. The van der Waals surface area contributed by atoms with Gasteiger partial charge in [0, 0.05) is 19.3 Å². The summed E-state index contributed by atoms with van der Waals surface area (Å²) in [5, 5.41) is 5.13. The molecule has 1 saturated heterocycles. The number of carbonyl (C=O) groups is 3. The van der Waals surface area contributed by atoms with E-state index in [4.69, 9.17) is 11.6 Å². The lowest BCUT2D eigenvalue weighted by Crippen LogP contribution is -2.49. The third-order valence-corrected chi connectivity index (χ3v) is 5.48. The Morgan fingerprint density at radius 3 is 2.37 bits per heavy atom. The Morgan fingerprint density at radius 1 is 1.23 bits per heavy atom. The average Bonchev–Trinajstić information content (AvgIpc) is 2.95. The standard InChI is InChI=1S/C19H20ClF3N4O3/c1-10(27-17(29)12-4-2-3-5-13(12)18(27)30)16(28)25-7-6-24-15-14(20)8-11(9-26-15)19(21,22)23/h2-3,8-10,12-13H,4-7H2,1H3,(H,24,26)(H,25,28). The molecule has 1 aliphatic carbocycles. The molecule has 162 valence electrons. The van der Waals surface area contributed by atoms with E-state index in [-0.39, 0.29) is 35.7 Å². The highest BCUT2D eigenvalue weighted by molar-refractivity contribution is 6.33. The summed E-state index contributed by atoms with van der Waals surface area (Å²) in [4.78, 5) is 42.1. The second kappa shape index (κ2) is 8.63. The SMILES string of the molecule is CC(C(=O)NCCNc1ncc(C(F)(F)F)cc1Cl)N1C(=O)C2CC=CCC2C1=O. The monoisotopic (exact) mass is 444 g/mol. The van der Waals surface area contributed by atoms with Crippen LogP contribution in [-0.2, 0) is 20.6 Å². The van der Waals surface area contributed by atoms with Crippen LogP contribution in [0.4, 0.5) is 19.0 Å². The normalized spacial score (nSPS) is 22.1. The number of likely N-dealkylation sites (tertiary alicyclic amines) is 1. The molecule has 3 unspecified atom stereocenters. The lowest BCUT2D eigenvalue weighted by atomic mass is 9.85. The molecule has 2 heterocycles. The van der Waals surface area contributed by atoms with E-state index in [1.165, 1.54) is 6.92 Å². The van der Waals surface area contributed by atoms with Gasteiger partial charge in [-0.15, -0.1) is 0 Å². The zero-order valence-corrected chi connectivity index (χ0v) is 16.8. The Hall–Kier alpha value is -2.62. The molecular formula is C19H20ClF3N4O3. The number of rotatable bonds is 6. The first kappa shape index (κ1) is 22.1. The van der Waals surface area contributed by atoms with Gasteiger partial charge in [-0.3, -0.25) is 19.3 Å². The van der Waals surface area contributed by atoms with E-state index >= 15 is 0 Å². The predicted octanol–water partition coefficient (Wildman–Crippen LogP) is 2.62. The van der Waals surface area contributed by atoms with E-state index in [0.717, 1.165) is 11.0 Å². The third kappa shape index (κ3) is 4.43. The number of amides is 3. The number of hydrogen-bond donors (Lipinski definition) is 2. The average molecular weight is 445 g/mol. The Bertz CT molecular complexity index is 864. The minimum Gasteiger partial charge on any atom is -0.367 e.